The smallest absolute Gasteiger partial charge is 0.100 e. The van der Waals surface area contributed by atoms with E-state index in [4.69, 9.17) is 0 Å². The molecule has 0 aromatic carbocycles. The van der Waals surface area contributed by atoms with Gasteiger partial charge in [-0.25, -0.2) is 0 Å². The van der Waals surface area contributed by atoms with Gasteiger partial charge in [0.15, 0.2) is 5.10 Å². The summed E-state index contributed by atoms with van der Waals surface area (Å²) in [5.74, 6) is 0. The summed E-state index contributed by atoms with van der Waals surface area (Å²) in [6, 6.07) is 0. The van der Waals surface area contributed by atoms with Gasteiger partial charge in [0.25, 0.3) is 6.21 Å². The van der Waals surface area contributed by atoms with Gasteiger partial charge >= 0.3 is 0 Å². The molecule has 0 bridgehead atoms. The Balaban J connectivity index is 2.44. The highest BCUT2D eigenvalue weighted by Crippen LogP contribution is 2.11. The lowest BCUT2D eigenvalue weighted by Gasteiger charge is -2.00. The maximum absolute atomic E-state index is 3.92. The SMILES string of the molecule is C1=CC=C2N[N+]=CC=C2C=C1. The first-order valence-electron chi connectivity index (χ1n) is 3.51. The highest BCUT2D eigenvalue weighted by molar-refractivity contribution is 5.75. The van der Waals surface area contributed by atoms with Gasteiger partial charge in [-0.1, -0.05) is 24.3 Å². The van der Waals surface area contributed by atoms with Crippen molar-refractivity contribution in [3.63, 3.8) is 0 Å². The molecule has 11 heavy (non-hydrogen) atoms. The topological polar surface area (TPSA) is 26.1 Å². The van der Waals surface area contributed by atoms with Crippen LogP contribution in [0.1, 0.15) is 0 Å². The molecule has 2 aliphatic rings. The van der Waals surface area contributed by atoms with Crippen LogP contribution in [-0.2, 0) is 0 Å². The second-order valence-electron chi connectivity index (χ2n) is 2.34. The van der Waals surface area contributed by atoms with Crippen molar-refractivity contribution in [1.29, 1.82) is 0 Å². The molecule has 1 N–H and O–H groups in total. The van der Waals surface area contributed by atoms with Crippen molar-refractivity contribution in [2.24, 2.45) is 0 Å². The van der Waals surface area contributed by atoms with Crippen LogP contribution in [0.4, 0.5) is 0 Å². The van der Waals surface area contributed by atoms with Gasteiger partial charge in [-0.2, -0.15) is 0 Å². The molecule has 1 heterocycles. The third-order valence-electron chi connectivity index (χ3n) is 1.59. The fourth-order valence-corrected chi connectivity index (χ4v) is 1.03. The summed E-state index contributed by atoms with van der Waals surface area (Å²) < 4.78 is 0. The molecule has 1 radical (unpaired) electrons. The lowest BCUT2D eigenvalue weighted by Crippen LogP contribution is -2.20. The van der Waals surface area contributed by atoms with Crippen LogP contribution in [0.25, 0.3) is 0 Å². The second-order valence-corrected chi connectivity index (χ2v) is 2.34. The zero-order valence-corrected chi connectivity index (χ0v) is 5.99. The van der Waals surface area contributed by atoms with Gasteiger partial charge in [-0.15, -0.1) is 5.43 Å². The first-order valence-corrected chi connectivity index (χ1v) is 3.51. The predicted octanol–water partition coefficient (Wildman–Crippen LogP) is 0.847. The summed E-state index contributed by atoms with van der Waals surface area (Å²) >= 11 is 0. The van der Waals surface area contributed by atoms with Gasteiger partial charge in [0.2, 0.25) is 0 Å². The van der Waals surface area contributed by atoms with E-state index >= 15 is 0 Å². The normalized spacial score (nSPS) is 19.6. The van der Waals surface area contributed by atoms with E-state index in [0.717, 1.165) is 5.70 Å². The van der Waals surface area contributed by atoms with Crippen LogP contribution < -0.4 is 10.5 Å². The van der Waals surface area contributed by atoms with Crippen molar-refractivity contribution < 1.29 is 0 Å². The summed E-state index contributed by atoms with van der Waals surface area (Å²) in [7, 11) is 0. The van der Waals surface area contributed by atoms with E-state index in [2.05, 4.69) is 10.5 Å². The largest absolute Gasteiger partial charge is 0.275 e. The summed E-state index contributed by atoms with van der Waals surface area (Å²) in [6.45, 7) is 0. The quantitative estimate of drug-likeness (QED) is 0.536. The van der Waals surface area contributed by atoms with Crippen LogP contribution in [-0.4, -0.2) is 6.21 Å². The van der Waals surface area contributed by atoms with E-state index in [-0.39, 0.29) is 0 Å². The molecule has 0 aromatic rings. The Morgan fingerprint density at radius 1 is 1.09 bits per heavy atom. The number of hydrazone groups is 1. The van der Waals surface area contributed by atoms with Crippen molar-refractivity contribution in [1.82, 2.24) is 10.5 Å². The van der Waals surface area contributed by atoms with E-state index in [1.54, 1.807) is 6.21 Å². The minimum absolute atomic E-state index is 1.05. The molecule has 53 valence electrons. The fraction of sp³-hybridized carbons (Fsp3) is 0. The number of fused-ring (bicyclic) bond motifs is 1. The molecule has 0 amide bonds. The van der Waals surface area contributed by atoms with Crippen LogP contribution in [0.3, 0.4) is 0 Å². The molecule has 1 aliphatic carbocycles. The molecule has 2 nitrogen and oxygen atoms in total. The van der Waals surface area contributed by atoms with Gasteiger partial charge in [0, 0.05) is 11.6 Å². The van der Waals surface area contributed by atoms with Gasteiger partial charge in [0.1, 0.15) is 5.70 Å². The number of hydrogen-bond donors (Lipinski definition) is 1. The zero-order valence-electron chi connectivity index (χ0n) is 5.99. The Bertz CT molecular complexity index is 304. The third kappa shape index (κ3) is 1.15. The lowest BCUT2D eigenvalue weighted by molar-refractivity contribution is 0.814. The minimum atomic E-state index is 1.05. The molecule has 1 aliphatic heterocycles. The van der Waals surface area contributed by atoms with Gasteiger partial charge < -0.3 is 0 Å². The molecule has 0 aromatic heterocycles. The number of hydrogen-bond acceptors (Lipinski definition) is 2. The van der Waals surface area contributed by atoms with Crippen molar-refractivity contribution in [3.8, 4) is 0 Å². The van der Waals surface area contributed by atoms with Gasteiger partial charge in [-0.05, 0) is 6.08 Å². The standard InChI is InChI=1S/C9H8N2/c1-2-4-8-6-7-10-11-9(8)5-3-1/h1-7,11H/q+1. The van der Waals surface area contributed by atoms with E-state index in [0.29, 0.717) is 0 Å². The van der Waals surface area contributed by atoms with Gasteiger partial charge in [0.05, 0.1) is 0 Å². The van der Waals surface area contributed by atoms with Crippen LogP contribution in [0, 0.1) is 0 Å². The van der Waals surface area contributed by atoms with E-state index < -0.39 is 0 Å². The monoisotopic (exact) mass is 144 g/mol. The van der Waals surface area contributed by atoms with Crippen molar-refractivity contribution >= 4 is 6.21 Å². The molecule has 0 atom stereocenters. The number of rotatable bonds is 0. The Morgan fingerprint density at radius 2 is 2.09 bits per heavy atom. The summed E-state index contributed by atoms with van der Waals surface area (Å²) in [6.07, 6.45) is 13.8. The Morgan fingerprint density at radius 3 is 3.09 bits per heavy atom. The second kappa shape index (κ2) is 2.58. The minimum Gasteiger partial charge on any atom is -0.100 e. The Labute approximate surface area is 65.3 Å². The van der Waals surface area contributed by atoms with Crippen molar-refractivity contribution in [2.75, 3.05) is 0 Å². The maximum atomic E-state index is 3.92. The molecule has 2 heteroatoms. The molecule has 0 fully saturated rings. The van der Waals surface area contributed by atoms with Gasteiger partial charge in [-0.3, -0.25) is 0 Å². The summed E-state index contributed by atoms with van der Waals surface area (Å²) in [5.41, 5.74) is 5.15. The van der Waals surface area contributed by atoms with Crippen LogP contribution in [0.15, 0.2) is 47.7 Å². The van der Waals surface area contributed by atoms with Crippen molar-refractivity contribution in [2.45, 2.75) is 0 Å². The third-order valence-corrected chi connectivity index (χ3v) is 1.59. The maximum Gasteiger partial charge on any atom is 0.275 e. The molecular weight excluding hydrogens is 136 g/mol. The zero-order chi connectivity index (χ0) is 7.52. The summed E-state index contributed by atoms with van der Waals surface area (Å²) in [5, 5.41) is 3.92. The van der Waals surface area contributed by atoms with Crippen LogP contribution >= 0.6 is 0 Å². The Kier molecular flexibility index (Phi) is 1.44. The van der Waals surface area contributed by atoms with Crippen molar-refractivity contribution in [3.05, 3.63) is 47.7 Å². The van der Waals surface area contributed by atoms with E-state index in [1.807, 2.05) is 36.5 Å². The van der Waals surface area contributed by atoms with Crippen LogP contribution in [0.2, 0.25) is 0 Å². The average Bonchev–Trinajstić information content (AvgIpc) is 2.28. The fourth-order valence-electron chi connectivity index (χ4n) is 1.03. The predicted molar refractivity (Wildman–Crippen MR) is 45.8 cm³/mol. The number of allylic oxidation sites excluding steroid dienone is 6. The molecular formula is C9H8N2+. The van der Waals surface area contributed by atoms with Crippen LogP contribution in [0.5, 0.6) is 0 Å². The van der Waals surface area contributed by atoms with E-state index in [9.17, 15) is 0 Å². The Hall–Kier alpha value is -1.57. The average molecular weight is 144 g/mol. The highest BCUT2D eigenvalue weighted by atomic mass is 15.3. The molecule has 0 unspecified atom stereocenters. The van der Waals surface area contributed by atoms with E-state index in [1.165, 1.54) is 5.57 Å². The molecule has 0 saturated heterocycles. The first-order chi connectivity index (χ1) is 5.47. The number of nitrogens with zero attached hydrogens (tertiary/aromatic N) is 1. The molecule has 0 saturated carbocycles. The molecule has 2 rings (SSSR count). The summed E-state index contributed by atoms with van der Waals surface area (Å²) in [4.78, 5) is 0. The molecule has 0 spiro atoms. The first kappa shape index (κ1) is 6.16. The lowest BCUT2D eigenvalue weighted by atomic mass is 10.1. The number of nitrogens with one attached hydrogen (secondary N) is 1. The highest BCUT2D eigenvalue weighted by Gasteiger charge is 2.10.